The summed E-state index contributed by atoms with van der Waals surface area (Å²) < 4.78 is 0. The Hall–Kier alpha value is -0.960. The largest absolute Gasteiger partial charge is 0.342 e. The summed E-state index contributed by atoms with van der Waals surface area (Å²) >= 11 is 4.28. The third-order valence-electron chi connectivity index (χ3n) is 3.70. The number of carbonyl (C=O) groups excluding carboxylic acids is 1. The van der Waals surface area contributed by atoms with E-state index in [0.29, 0.717) is 18.2 Å². The van der Waals surface area contributed by atoms with Gasteiger partial charge in [-0.2, -0.15) is 12.6 Å². The number of nitrogens with zero attached hydrogens (tertiary/aromatic N) is 1. The van der Waals surface area contributed by atoms with Gasteiger partial charge in [-0.25, -0.2) is 0 Å². The molecular formula is C15H21NOS. The smallest absolute Gasteiger partial charge is 0.222 e. The molecule has 1 aromatic rings. The van der Waals surface area contributed by atoms with E-state index in [1.807, 2.05) is 4.90 Å². The van der Waals surface area contributed by atoms with Crippen molar-refractivity contribution in [3.05, 3.63) is 34.9 Å². The van der Waals surface area contributed by atoms with E-state index < -0.39 is 0 Å². The van der Waals surface area contributed by atoms with Crippen LogP contribution in [0.2, 0.25) is 0 Å². The van der Waals surface area contributed by atoms with E-state index in [4.69, 9.17) is 0 Å². The Bertz CT molecular complexity index is 444. The molecule has 0 aromatic heterocycles. The van der Waals surface area contributed by atoms with Crippen molar-refractivity contribution in [2.24, 2.45) is 5.92 Å². The summed E-state index contributed by atoms with van der Waals surface area (Å²) in [6.45, 7) is 5.98. The van der Waals surface area contributed by atoms with E-state index >= 15 is 0 Å². The Morgan fingerprint density at radius 1 is 1.39 bits per heavy atom. The van der Waals surface area contributed by atoms with Crippen LogP contribution in [0.25, 0.3) is 0 Å². The van der Waals surface area contributed by atoms with Gasteiger partial charge >= 0.3 is 0 Å². The van der Waals surface area contributed by atoms with E-state index in [1.54, 1.807) is 0 Å². The molecule has 1 amide bonds. The van der Waals surface area contributed by atoms with Gasteiger partial charge in [-0.3, -0.25) is 4.79 Å². The van der Waals surface area contributed by atoms with Gasteiger partial charge in [0.1, 0.15) is 0 Å². The van der Waals surface area contributed by atoms with Gasteiger partial charge in [0, 0.05) is 19.5 Å². The quantitative estimate of drug-likeness (QED) is 0.828. The monoisotopic (exact) mass is 263 g/mol. The van der Waals surface area contributed by atoms with E-state index in [0.717, 1.165) is 25.3 Å². The summed E-state index contributed by atoms with van der Waals surface area (Å²) in [4.78, 5) is 13.8. The van der Waals surface area contributed by atoms with Crippen LogP contribution in [0, 0.1) is 19.8 Å². The number of hydrogen-bond donors (Lipinski definition) is 1. The molecule has 1 saturated heterocycles. The molecule has 0 radical (unpaired) electrons. The normalized spacial score (nSPS) is 19.6. The average Bonchev–Trinajstić information content (AvgIpc) is 2.69. The van der Waals surface area contributed by atoms with E-state index in [-0.39, 0.29) is 0 Å². The van der Waals surface area contributed by atoms with E-state index in [9.17, 15) is 4.79 Å². The summed E-state index contributed by atoms with van der Waals surface area (Å²) in [7, 11) is 0. The van der Waals surface area contributed by atoms with Crippen molar-refractivity contribution in [1.29, 1.82) is 0 Å². The Morgan fingerprint density at radius 3 is 2.78 bits per heavy atom. The fourth-order valence-electron chi connectivity index (χ4n) is 2.57. The Morgan fingerprint density at radius 2 is 2.17 bits per heavy atom. The van der Waals surface area contributed by atoms with Gasteiger partial charge in [-0.05, 0) is 43.1 Å². The second-order valence-corrected chi connectivity index (χ2v) is 5.64. The number of carbonyl (C=O) groups is 1. The van der Waals surface area contributed by atoms with Gasteiger partial charge in [0.2, 0.25) is 5.91 Å². The first-order valence-corrected chi connectivity index (χ1v) is 7.18. The van der Waals surface area contributed by atoms with Crippen LogP contribution in [0.15, 0.2) is 18.2 Å². The zero-order chi connectivity index (χ0) is 13.1. The van der Waals surface area contributed by atoms with E-state index in [2.05, 4.69) is 44.7 Å². The van der Waals surface area contributed by atoms with Gasteiger partial charge in [0.05, 0.1) is 0 Å². The summed E-state index contributed by atoms with van der Waals surface area (Å²) in [5.41, 5.74) is 3.97. The molecule has 18 heavy (non-hydrogen) atoms. The lowest BCUT2D eigenvalue weighted by atomic mass is 10.0. The zero-order valence-corrected chi connectivity index (χ0v) is 12.0. The molecule has 0 spiro atoms. The van der Waals surface area contributed by atoms with Gasteiger partial charge < -0.3 is 4.90 Å². The maximum atomic E-state index is 11.8. The number of hydrogen-bond acceptors (Lipinski definition) is 2. The Balaban J connectivity index is 1.94. The minimum absolute atomic E-state index is 0.291. The SMILES string of the molecule is Cc1ccc(CCN2CC(CS)CC2=O)c(C)c1. The van der Waals surface area contributed by atoms with Crippen molar-refractivity contribution in [2.45, 2.75) is 26.7 Å². The van der Waals surface area contributed by atoms with Gasteiger partial charge in [-0.15, -0.1) is 0 Å². The molecule has 2 nitrogen and oxygen atoms in total. The molecule has 1 aliphatic heterocycles. The van der Waals surface area contributed by atoms with Crippen LogP contribution in [0.4, 0.5) is 0 Å². The molecule has 98 valence electrons. The van der Waals surface area contributed by atoms with Crippen molar-refractivity contribution in [3.63, 3.8) is 0 Å². The van der Waals surface area contributed by atoms with Gasteiger partial charge in [0.25, 0.3) is 0 Å². The first kappa shape index (κ1) is 13.5. The molecule has 1 heterocycles. The topological polar surface area (TPSA) is 20.3 Å². The van der Waals surface area contributed by atoms with Gasteiger partial charge in [0.15, 0.2) is 0 Å². The molecule has 3 heteroatoms. The molecule has 0 saturated carbocycles. The number of amides is 1. The molecule has 1 atom stereocenters. The second kappa shape index (κ2) is 5.79. The molecule has 1 aliphatic rings. The molecule has 0 bridgehead atoms. The number of thiol groups is 1. The second-order valence-electron chi connectivity index (χ2n) is 5.27. The molecule has 1 fully saturated rings. The highest BCUT2D eigenvalue weighted by atomic mass is 32.1. The molecule has 0 aliphatic carbocycles. The van der Waals surface area contributed by atoms with Crippen molar-refractivity contribution in [1.82, 2.24) is 4.90 Å². The van der Waals surface area contributed by atoms with Crippen LogP contribution in [0.3, 0.4) is 0 Å². The standard InChI is InChI=1S/C15H21NOS/c1-11-3-4-14(12(2)7-11)5-6-16-9-13(10-18)8-15(16)17/h3-4,7,13,18H,5-6,8-10H2,1-2H3. The number of likely N-dealkylation sites (tertiary alicyclic amines) is 1. The van der Waals surface area contributed by atoms with Crippen LogP contribution in [0.5, 0.6) is 0 Å². The van der Waals surface area contributed by atoms with Crippen molar-refractivity contribution >= 4 is 18.5 Å². The van der Waals surface area contributed by atoms with Crippen LogP contribution in [0.1, 0.15) is 23.1 Å². The molecule has 0 N–H and O–H groups in total. The lowest BCUT2D eigenvalue weighted by Crippen LogP contribution is -2.27. The van der Waals surface area contributed by atoms with Crippen LogP contribution >= 0.6 is 12.6 Å². The van der Waals surface area contributed by atoms with E-state index in [1.165, 1.54) is 16.7 Å². The first-order valence-electron chi connectivity index (χ1n) is 6.55. The summed E-state index contributed by atoms with van der Waals surface area (Å²) in [6, 6.07) is 6.53. The third-order valence-corrected chi connectivity index (χ3v) is 4.22. The molecule has 1 aromatic carbocycles. The highest BCUT2D eigenvalue weighted by molar-refractivity contribution is 7.80. The lowest BCUT2D eigenvalue weighted by Gasteiger charge is -2.17. The van der Waals surface area contributed by atoms with Crippen LogP contribution < -0.4 is 0 Å². The minimum atomic E-state index is 0.291. The number of aryl methyl sites for hydroxylation is 2. The third kappa shape index (κ3) is 3.08. The fourth-order valence-corrected chi connectivity index (χ4v) is 2.82. The molecular weight excluding hydrogens is 242 g/mol. The highest BCUT2D eigenvalue weighted by Gasteiger charge is 2.27. The summed E-state index contributed by atoms with van der Waals surface area (Å²) in [5, 5.41) is 0. The van der Waals surface area contributed by atoms with Crippen LogP contribution in [-0.4, -0.2) is 29.6 Å². The first-order chi connectivity index (χ1) is 8.60. The minimum Gasteiger partial charge on any atom is -0.342 e. The lowest BCUT2D eigenvalue weighted by molar-refractivity contribution is -0.127. The number of benzene rings is 1. The molecule has 2 rings (SSSR count). The van der Waals surface area contributed by atoms with Crippen molar-refractivity contribution in [3.8, 4) is 0 Å². The predicted octanol–water partition coefficient (Wildman–Crippen LogP) is 2.62. The summed E-state index contributed by atoms with van der Waals surface area (Å²) in [5.74, 6) is 1.55. The highest BCUT2D eigenvalue weighted by Crippen LogP contribution is 2.20. The van der Waals surface area contributed by atoms with Gasteiger partial charge in [-0.1, -0.05) is 23.8 Å². The molecule has 1 unspecified atom stereocenters. The Kier molecular flexibility index (Phi) is 4.33. The predicted molar refractivity (Wildman–Crippen MR) is 78.2 cm³/mol. The maximum Gasteiger partial charge on any atom is 0.222 e. The van der Waals surface area contributed by atoms with Crippen molar-refractivity contribution < 1.29 is 4.79 Å². The van der Waals surface area contributed by atoms with Crippen molar-refractivity contribution in [2.75, 3.05) is 18.8 Å². The zero-order valence-electron chi connectivity index (χ0n) is 11.1. The Labute approximate surface area is 115 Å². The number of rotatable bonds is 4. The fraction of sp³-hybridized carbons (Fsp3) is 0.533. The van der Waals surface area contributed by atoms with Crippen LogP contribution in [-0.2, 0) is 11.2 Å². The average molecular weight is 263 g/mol. The summed E-state index contributed by atoms with van der Waals surface area (Å²) in [6.07, 6.45) is 1.63. The maximum absolute atomic E-state index is 11.8.